The fraction of sp³-hybridized carbons (Fsp3) is 0.583. The van der Waals surface area contributed by atoms with Crippen molar-refractivity contribution in [2.24, 2.45) is 17.1 Å². The Kier molecular flexibility index (Phi) is 5.39. The molecule has 3 amide bonds. The van der Waals surface area contributed by atoms with Gasteiger partial charge in [0.1, 0.15) is 12.6 Å². The maximum atomic E-state index is 13.4. The third kappa shape index (κ3) is 3.99. The molecule has 2 aliphatic carbocycles. The zero-order valence-electron chi connectivity index (χ0n) is 18.9. The van der Waals surface area contributed by atoms with Crippen molar-refractivity contribution in [3.63, 3.8) is 0 Å². The number of fused-ring (bicyclic) bond motifs is 2. The van der Waals surface area contributed by atoms with Crippen LogP contribution in [0.15, 0.2) is 24.3 Å². The first kappa shape index (κ1) is 21.9. The Morgan fingerprint density at radius 2 is 2.06 bits per heavy atom. The number of aliphatic hydroxyl groups is 1. The van der Waals surface area contributed by atoms with Crippen LogP contribution >= 0.6 is 0 Å². The summed E-state index contributed by atoms with van der Waals surface area (Å²) >= 11 is 0. The molecule has 1 aromatic heterocycles. The average Bonchev–Trinajstić information content (AvgIpc) is 3.29. The number of likely N-dealkylation sites (tertiary alicyclic amines) is 1. The Morgan fingerprint density at radius 3 is 2.82 bits per heavy atom. The number of carbonyl (C=O) groups excluding carboxylic acids is 3. The zero-order valence-corrected chi connectivity index (χ0v) is 18.9. The lowest BCUT2D eigenvalue weighted by atomic mass is 9.74. The Hall–Kier alpha value is -2.94. The van der Waals surface area contributed by atoms with Gasteiger partial charge in [0, 0.05) is 24.1 Å². The van der Waals surface area contributed by atoms with Crippen molar-refractivity contribution >= 4 is 28.6 Å². The van der Waals surface area contributed by atoms with Crippen molar-refractivity contribution in [3.8, 4) is 0 Å². The number of nitrogens with two attached hydrogens (primary N) is 1. The molecule has 0 radical (unpaired) electrons. The lowest BCUT2D eigenvalue weighted by Crippen LogP contribution is -2.52. The number of hydrogen-bond donors (Lipinski definition) is 3. The van der Waals surface area contributed by atoms with Crippen molar-refractivity contribution in [2.75, 3.05) is 6.61 Å². The van der Waals surface area contributed by atoms with Crippen LogP contribution in [-0.2, 0) is 16.1 Å². The van der Waals surface area contributed by atoms with Crippen LogP contribution in [0.1, 0.15) is 55.9 Å². The zero-order chi connectivity index (χ0) is 23.3. The van der Waals surface area contributed by atoms with Gasteiger partial charge in [0.2, 0.25) is 11.8 Å². The number of aliphatic hydroxyl groups excluding tert-OH is 1. The number of para-hydroxylation sites is 1. The van der Waals surface area contributed by atoms with E-state index < -0.39 is 11.9 Å². The standard InChI is InChI=1S/C24H31N5O4/c1-24(13-30)8-4-5-15(11-24)26-23(33)19-10-14-9-18(14)29(19)20(31)12-28-17-7-3-2-6-16(17)21(27-28)22(25)32/h2-3,6-7,14-15,18-19,30H,4-5,8-13H2,1H3,(H2,25,32)(H,26,33)/t14-,15+,18-,19+,24-/m1/s1. The van der Waals surface area contributed by atoms with E-state index in [9.17, 15) is 19.5 Å². The number of primary amides is 1. The normalized spacial score (nSPS) is 30.8. The summed E-state index contributed by atoms with van der Waals surface area (Å²) in [6.45, 7) is 2.12. The molecule has 5 atom stereocenters. The van der Waals surface area contributed by atoms with E-state index in [0.717, 1.165) is 32.1 Å². The molecule has 9 nitrogen and oxygen atoms in total. The lowest BCUT2D eigenvalue weighted by molar-refractivity contribution is -0.140. The van der Waals surface area contributed by atoms with Gasteiger partial charge in [-0.25, -0.2) is 0 Å². The van der Waals surface area contributed by atoms with Crippen LogP contribution in [0.2, 0.25) is 0 Å². The van der Waals surface area contributed by atoms with Crippen LogP contribution in [0.25, 0.3) is 10.9 Å². The number of piperidine rings is 1. The summed E-state index contributed by atoms with van der Waals surface area (Å²) in [5.74, 6) is -0.547. The van der Waals surface area contributed by atoms with Crippen LogP contribution in [-0.4, -0.2) is 62.2 Å². The summed E-state index contributed by atoms with van der Waals surface area (Å²) in [6, 6.07) is 6.81. The third-order valence-corrected chi connectivity index (χ3v) is 7.67. The average molecular weight is 454 g/mol. The number of nitrogens with zero attached hydrogens (tertiary/aromatic N) is 3. The summed E-state index contributed by atoms with van der Waals surface area (Å²) in [5.41, 5.74) is 6.12. The highest BCUT2D eigenvalue weighted by molar-refractivity contribution is 6.04. The maximum Gasteiger partial charge on any atom is 0.269 e. The molecule has 176 valence electrons. The lowest BCUT2D eigenvalue weighted by Gasteiger charge is -2.38. The van der Waals surface area contributed by atoms with Gasteiger partial charge in [0.15, 0.2) is 5.69 Å². The predicted molar refractivity (Wildman–Crippen MR) is 121 cm³/mol. The number of benzene rings is 1. The minimum Gasteiger partial charge on any atom is -0.396 e. The number of rotatable bonds is 6. The highest BCUT2D eigenvalue weighted by Crippen LogP contribution is 2.48. The van der Waals surface area contributed by atoms with E-state index in [1.54, 1.807) is 23.1 Å². The van der Waals surface area contributed by atoms with Gasteiger partial charge >= 0.3 is 0 Å². The summed E-state index contributed by atoms with van der Waals surface area (Å²) in [7, 11) is 0. The van der Waals surface area contributed by atoms with Crippen LogP contribution in [0.5, 0.6) is 0 Å². The highest BCUT2D eigenvalue weighted by Gasteiger charge is 2.56. The van der Waals surface area contributed by atoms with Crippen LogP contribution in [0.4, 0.5) is 0 Å². The molecule has 33 heavy (non-hydrogen) atoms. The molecule has 3 fully saturated rings. The number of amides is 3. The Morgan fingerprint density at radius 1 is 1.27 bits per heavy atom. The molecule has 0 bridgehead atoms. The largest absolute Gasteiger partial charge is 0.396 e. The molecule has 9 heteroatoms. The topological polar surface area (TPSA) is 131 Å². The summed E-state index contributed by atoms with van der Waals surface area (Å²) in [4.78, 5) is 40.1. The maximum absolute atomic E-state index is 13.4. The molecule has 2 saturated carbocycles. The Labute approximate surface area is 192 Å². The summed E-state index contributed by atoms with van der Waals surface area (Å²) in [5, 5.41) is 17.8. The molecule has 0 spiro atoms. The van der Waals surface area contributed by atoms with Crippen molar-refractivity contribution in [2.45, 2.75) is 70.1 Å². The molecule has 2 heterocycles. The van der Waals surface area contributed by atoms with Crippen LogP contribution < -0.4 is 11.1 Å². The van der Waals surface area contributed by atoms with E-state index in [0.29, 0.717) is 23.2 Å². The molecule has 5 rings (SSSR count). The van der Waals surface area contributed by atoms with Crippen LogP contribution in [0.3, 0.4) is 0 Å². The molecule has 3 aliphatic rings. The molecule has 1 aromatic carbocycles. The molecular formula is C24H31N5O4. The highest BCUT2D eigenvalue weighted by atomic mass is 16.3. The molecule has 1 saturated heterocycles. The first-order valence-corrected chi connectivity index (χ1v) is 11.8. The van der Waals surface area contributed by atoms with Gasteiger partial charge in [-0.3, -0.25) is 19.1 Å². The minimum absolute atomic E-state index is 0.0189. The second-order valence-electron chi connectivity index (χ2n) is 10.3. The molecule has 4 N–H and O–H groups in total. The van der Waals surface area contributed by atoms with Gasteiger partial charge in [-0.1, -0.05) is 31.5 Å². The van der Waals surface area contributed by atoms with E-state index >= 15 is 0 Å². The second kappa shape index (κ2) is 8.13. The van der Waals surface area contributed by atoms with Crippen molar-refractivity contribution in [1.82, 2.24) is 20.0 Å². The van der Waals surface area contributed by atoms with E-state index in [-0.39, 0.29) is 48.2 Å². The molecule has 0 unspecified atom stereocenters. The number of hydrogen-bond acceptors (Lipinski definition) is 5. The number of nitrogens with one attached hydrogen (secondary N) is 1. The van der Waals surface area contributed by atoms with E-state index in [1.807, 2.05) is 6.07 Å². The third-order valence-electron chi connectivity index (χ3n) is 7.67. The molecule has 1 aliphatic heterocycles. The second-order valence-corrected chi connectivity index (χ2v) is 10.3. The first-order valence-electron chi connectivity index (χ1n) is 11.8. The number of aromatic nitrogens is 2. The molecular weight excluding hydrogens is 422 g/mol. The first-order chi connectivity index (χ1) is 15.8. The van der Waals surface area contributed by atoms with Crippen molar-refractivity contribution < 1.29 is 19.5 Å². The van der Waals surface area contributed by atoms with E-state index in [1.165, 1.54) is 4.68 Å². The summed E-state index contributed by atoms with van der Waals surface area (Å²) < 4.78 is 1.51. The molecule has 2 aromatic rings. The van der Waals surface area contributed by atoms with Gasteiger partial charge in [-0.05, 0) is 49.5 Å². The Balaban J connectivity index is 1.32. The predicted octanol–water partition coefficient (Wildman–Crippen LogP) is 1.18. The van der Waals surface area contributed by atoms with Crippen molar-refractivity contribution in [1.29, 1.82) is 0 Å². The minimum atomic E-state index is -0.638. The fourth-order valence-electron chi connectivity index (χ4n) is 5.83. The SMILES string of the molecule is C[C@@]1(CO)CCC[C@H](NC(=O)[C@@H]2C[C@H]3C[C@H]3N2C(=O)Cn2nc(C(N)=O)c3ccccc32)C1. The van der Waals surface area contributed by atoms with E-state index in [4.69, 9.17) is 5.73 Å². The quantitative estimate of drug-likeness (QED) is 0.605. The van der Waals surface area contributed by atoms with Gasteiger partial charge < -0.3 is 21.1 Å². The van der Waals surface area contributed by atoms with E-state index in [2.05, 4.69) is 17.3 Å². The van der Waals surface area contributed by atoms with Crippen LogP contribution in [0, 0.1) is 11.3 Å². The summed E-state index contributed by atoms with van der Waals surface area (Å²) in [6.07, 6.45) is 5.17. The van der Waals surface area contributed by atoms with Gasteiger partial charge in [0.25, 0.3) is 5.91 Å². The monoisotopic (exact) mass is 453 g/mol. The van der Waals surface area contributed by atoms with Gasteiger partial charge in [-0.15, -0.1) is 0 Å². The fourth-order valence-corrected chi connectivity index (χ4v) is 5.83. The van der Waals surface area contributed by atoms with Gasteiger partial charge in [-0.2, -0.15) is 5.10 Å². The van der Waals surface area contributed by atoms with Crippen molar-refractivity contribution in [3.05, 3.63) is 30.0 Å². The smallest absolute Gasteiger partial charge is 0.269 e. The number of carbonyl (C=O) groups is 3. The van der Waals surface area contributed by atoms with Gasteiger partial charge in [0.05, 0.1) is 5.52 Å². The Bertz CT molecular complexity index is 1110.